The van der Waals surface area contributed by atoms with Gasteiger partial charge in [-0.05, 0) is 38.9 Å². The molecule has 0 aliphatic carbocycles. The van der Waals surface area contributed by atoms with Gasteiger partial charge >= 0.3 is 0 Å². The van der Waals surface area contributed by atoms with Gasteiger partial charge in [-0.3, -0.25) is 9.58 Å². The number of hydrogen-bond donors (Lipinski definition) is 1. The lowest BCUT2D eigenvalue weighted by atomic mass is 10.0. The van der Waals surface area contributed by atoms with Gasteiger partial charge in [0.2, 0.25) is 0 Å². The molecule has 1 fully saturated rings. The van der Waals surface area contributed by atoms with Crippen molar-refractivity contribution >= 4 is 0 Å². The summed E-state index contributed by atoms with van der Waals surface area (Å²) in [6.07, 6.45) is 7.90. The fourth-order valence-corrected chi connectivity index (χ4v) is 2.64. The number of nitrogens with zero attached hydrogens (tertiary/aromatic N) is 3. The minimum atomic E-state index is 0.747. The molecule has 1 saturated heterocycles. The average Bonchev–Trinajstić information content (AvgIpc) is 2.75. The second kappa shape index (κ2) is 6.17. The van der Waals surface area contributed by atoms with Gasteiger partial charge in [0.15, 0.2) is 0 Å². The highest BCUT2D eigenvalue weighted by Crippen LogP contribution is 2.15. The van der Waals surface area contributed by atoms with Crippen molar-refractivity contribution in [2.45, 2.75) is 38.8 Å². The van der Waals surface area contributed by atoms with Crippen molar-refractivity contribution in [3.8, 4) is 0 Å². The molecule has 2 heterocycles. The van der Waals surface area contributed by atoms with Gasteiger partial charge in [0.25, 0.3) is 0 Å². The van der Waals surface area contributed by atoms with Gasteiger partial charge in [-0.1, -0.05) is 6.92 Å². The first-order valence-corrected chi connectivity index (χ1v) is 6.72. The molecule has 2 rings (SSSR count). The quantitative estimate of drug-likeness (QED) is 0.838. The summed E-state index contributed by atoms with van der Waals surface area (Å²) in [6, 6.07) is 0.747. The molecule has 17 heavy (non-hydrogen) atoms. The third-order valence-corrected chi connectivity index (χ3v) is 3.48. The van der Waals surface area contributed by atoms with Crippen LogP contribution in [0.25, 0.3) is 0 Å². The molecule has 1 N–H and O–H groups in total. The minimum Gasteiger partial charge on any atom is -0.317 e. The molecule has 0 aromatic carbocycles. The number of aryl methyl sites for hydroxylation is 1. The van der Waals surface area contributed by atoms with Crippen LogP contribution in [0.5, 0.6) is 0 Å². The molecule has 96 valence electrons. The highest BCUT2D eigenvalue weighted by molar-refractivity contribution is 5.03. The van der Waals surface area contributed by atoms with Crippen molar-refractivity contribution in [3.05, 3.63) is 18.0 Å². The van der Waals surface area contributed by atoms with Crippen LogP contribution in [-0.4, -0.2) is 40.4 Å². The lowest BCUT2D eigenvalue weighted by Crippen LogP contribution is -2.43. The lowest BCUT2D eigenvalue weighted by Gasteiger charge is -2.34. The number of nitrogens with one attached hydrogen (secondary N) is 1. The van der Waals surface area contributed by atoms with Gasteiger partial charge in [-0.15, -0.1) is 0 Å². The van der Waals surface area contributed by atoms with Gasteiger partial charge in [-0.25, -0.2) is 0 Å². The predicted octanol–water partition coefficient (Wildman–Crippen LogP) is 1.38. The van der Waals surface area contributed by atoms with E-state index >= 15 is 0 Å². The van der Waals surface area contributed by atoms with Gasteiger partial charge in [-0.2, -0.15) is 5.10 Å². The summed E-state index contributed by atoms with van der Waals surface area (Å²) in [5.41, 5.74) is 1.33. The van der Waals surface area contributed by atoms with E-state index in [0.717, 1.165) is 25.7 Å². The Morgan fingerprint density at radius 2 is 2.24 bits per heavy atom. The summed E-state index contributed by atoms with van der Waals surface area (Å²) in [5.74, 6) is 0. The smallest absolute Gasteiger partial charge is 0.0534 e. The van der Waals surface area contributed by atoms with E-state index in [1.54, 1.807) is 0 Å². The lowest BCUT2D eigenvalue weighted by molar-refractivity contribution is 0.154. The second-order valence-corrected chi connectivity index (χ2v) is 4.97. The van der Waals surface area contributed by atoms with Gasteiger partial charge in [0.05, 0.1) is 6.20 Å². The van der Waals surface area contributed by atoms with Crippen LogP contribution in [0.3, 0.4) is 0 Å². The van der Waals surface area contributed by atoms with Crippen molar-refractivity contribution in [1.82, 2.24) is 20.0 Å². The fraction of sp³-hybridized carbons (Fsp3) is 0.769. The van der Waals surface area contributed by atoms with Crippen molar-refractivity contribution in [2.24, 2.45) is 7.05 Å². The third kappa shape index (κ3) is 3.54. The monoisotopic (exact) mass is 236 g/mol. The van der Waals surface area contributed by atoms with Crippen LogP contribution in [0.2, 0.25) is 0 Å². The molecule has 1 aromatic heterocycles. The van der Waals surface area contributed by atoms with Gasteiger partial charge < -0.3 is 5.32 Å². The Bertz CT molecular complexity index is 328. The topological polar surface area (TPSA) is 33.1 Å². The Morgan fingerprint density at radius 3 is 2.82 bits per heavy atom. The van der Waals surface area contributed by atoms with Crippen molar-refractivity contribution in [3.63, 3.8) is 0 Å². The van der Waals surface area contributed by atoms with E-state index in [9.17, 15) is 0 Å². The third-order valence-electron chi connectivity index (χ3n) is 3.48. The standard InChI is InChI=1S/C13H24N4/c1-3-8-17(13-4-6-14-7-5-13)11-12-9-15-16(2)10-12/h9-10,13-14H,3-8,11H2,1-2H3. The zero-order chi connectivity index (χ0) is 12.1. The normalized spacial score (nSPS) is 17.8. The molecule has 0 saturated carbocycles. The molecule has 0 unspecified atom stereocenters. The number of hydrogen-bond acceptors (Lipinski definition) is 3. The van der Waals surface area contributed by atoms with Crippen molar-refractivity contribution < 1.29 is 0 Å². The summed E-state index contributed by atoms with van der Waals surface area (Å²) >= 11 is 0. The van der Waals surface area contributed by atoms with E-state index in [4.69, 9.17) is 0 Å². The highest BCUT2D eigenvalue weighted by Gasteiger charge is 2.20. The van der Waals surface area contributed by atoms with Gasteiger partial charge in [0.1, 0.15) is 0 Å². The van der Waals surface area contributed by atoms with Crippen LogP contribution in [0.1, 0.15) is 31.7 Å². The second-order valence-electron chi connectivity index (χ2n) is 4.97. The largest absolute Gasteiger partial charge is 0.317 e. The Hall–Kier alpha value is -0.870. The molecule has 0 bridgehead atoms. The molecule has 1 aliphatic heterocycles. The summed E-state index contributed by atoms with van der Waals surface area (Å²) < 4.78 is 1.89. The first-order valence-electron chi connectivity index (χ1n) is 6.72. The van der Waals surface area contributed by atoms with Crippen LogP contribution >= 0.6 is 0 Å². The first-order chi connectivity index (χ1) is 8.29. The number of rotatable bonds is 5. The summed E-state index contributed by atoms with van der Waals surface area (Å²) in [7, 11) is 1.98. The van der Waals surface area contributed by atoms with E-state index < -0.39 is 0 Å². The fourth-order valence-electron chi connectivity index (χ4n) is 2.64. The zero-order valence-corrected chi connectivity index (χ0v) is 11.0. The molecule has 4 nitrogen and oxygen atoms in total. The molecule has 0 atom stereocenters. The molecule has 1 aliphatic rings. The molecule has 4 heteroatoms. The zero-order valence-electron chi connectivity index (χ0n) is 11.0. The predicted molar refractivity (Wildman–Crippen MR) is 69.8 cm³/mol. The summed E-state index contributed by atoms with van der Waals surface area (Å²) in [4.78, 5) is 2.62. The Kier molecular flexibility index (Phi) is 4.57. The molecule has 0 radical (unpaired) electrons. The molecular formula is C13H24N4. The van der Waals surface area contributed by atoms with Crippen molar-refractivity contribution in [1.29, 1.82) is 0 Å². The Labute approximate surface area is 104 Å². The average molecular weight is 236 g/mol. The summed E-state index contributed by atoms with van der Waals surface area (Å²) in [6.45, 7) is 6.83. The first kappa shape index (κ1) is 12.6. The van der Waals surface area contributed by atoms with Gasteiger partial charge in [0, 0.05) is 31.4 Å². The minimum absolute atomic E-state index is 0.747. The molecule has 0 amide bonds. The van der Waals surface area contributed by atoms with E-state index in [1.807, 2.05) is 17.9 Å². The molecular weight excluding hydrogens is 212 g/mol. The SMILES string of the molecule is CCCN(Cc1cnn(C)c1)C1CCNCC1. The Balaban J connectivity index is 1.95. The highest BCUT2D eigenvalue weighted by atomic mass is 15.2. The van der Waals surface area contributed by atoms with Crippen molar-refractivity contribution in [2.75, 3.05) is 19.6 Å². The number of piperidine rings is 1. The van der Waals surface area contributed by atoms with Crippen LogP contribution in [-0.2, 0) is 13.6 Å². The van der Waals surface area contributed by atoms with E-state index in [0.29, 0.717) is 0 Å². The Morgan fingerprint density at radius 1 is 1.47 bits per heavy atom. The van der Waals surface area contributed by atoms with E-state index in [1.165, 1.54) is 31.4 Å². The van der Waals surface area contributed by atoms with E-state index in [-0.39, 0.29) is 0 Å². The number of aromatic nitrogens is 2. The maximum Gasteiger partial charge on any atom is 0.0534 e. The maximum absolute atomic E-state index is 4.25. The molecule has 1 aromatic rings. The van der Waals surface area contributed by atoms with Crippen LogP contribution in [0, 0.1) is 0 Å². The maximum atomic E-state index is 4.25. The molecule has 0 spiro atoms. The van der Waals surface area contributed by atoms with Crippen LogP contribution in [0.15, 0.2) is 12.4 Å². The summed E-state index contributed by atoms with van der Waals surface area (Å²) in [5, 5.41) is 7.69. The van der Waals surface area contributed by atoms with Crippen LogP contribution in [0.4, 0.5) is 0 Å². The van der Waals surface area contributed by atoms with Crippen LogP contribution < -0.4 is 5.32 Å². The van der Waals surface area contributed by atoms with E-state index in [2.05, 4.69) is 28.4 Å².